The van der Waals surface area contributed by atoms with Crippen molar-refractivity contribution in [2.24, 2.45) is 17.6 Å². The fraction of sp³-hybridized carbons (Fsp3) is 0.615. The highest BCUT2D eigenvalue weighted by Crippen LogP contribution is 2.35. The van der Waals surface area contributed by atoms with Crippen LogP contribution in [0.2, 0.25) is 0 Å². The third-order valence-corrected chi connectivity index (χ3v) is 3.57. The first-order valence-corrected chi connectivity index (χ1v) is 5.99. The molecule has 0 aromatic carbocycles. The Labute approximate surface area is 91.9 Å². The van der Waals surface area contributed by atoms with Gasteiger partial charge in [0, 0.05) is 12.4 Å². The van der Waals surface area contributed by atoms with Crippen LogP contribution in [0.3, 0.4) is 0 Å². The molecule has 0 bridgehead atoms. The number of nitrogens with zero attached hydrogens (tertiary/aromatic N) is 1. The molecule has 0 spiro atoms. The molecule has 1 aromatic rings. The normalized spacial score (nSPS) is 25.7. The first-order chi connectivity index (χ1) is 7.40. The van der Waals surface area contributed by atoms with Gasteiger partial charge in [-0.25, -0.2) is 0 Å². The molecule has 1 aliphatic carbocycles. The monoisotopic (exact) mass is 204 g/mol. The molecule has 0 saturated heterocycles. The van der Waals surface area contributed by atoms with Gasteiger partial charge >= 0.3 is 0 Å². The standard InChI is InChI=1S/C13H20N2/c14-7-6-12-4-1-5-13(12)9-11-3-2-8-15-10-11/h2-3,8,10,12-13H,1,4-7,9,14H2. The lowest BCUT2D eigenvalue weighted by Crippen LogP contribution is -2.15. The van der Waals surface area contributed by atoms with Gasteiger partial charge in [-0.3, -0.25) is 4.98 Å². The lowest BCUT2D eigenvalue weighted by molar-refractivity contribution is 0.367. The van der Waals surface area contributed by atoms with Crippen LogP contribution in [-0.2, 0) is 6.42 Å². The molecule has 2 rings (SSSR count). The van der Waals surface area contributed by atoms with E-state index < -0.39 is 0 Å². The molecule has 15 heavy (non-hydrogen) atoms. The van der Waals surface area contributed by atoms with Crippen LogP contribution in [-0.4, -0.2) is 11.5 Å². The van der Waals surface area contributed by atoms with E-state index in [-0.39, 0.29) is 0 Å². The first-order valence-electron chi connectivity index (χ1n) is 5.99. The molecule has 1 fully saturated rings. The molecule has 0 radical (unpaired) electrons. The fourth-order valence-electron chi connectivity index (χ4n) is 2.80. The number of hydrogen-bond acceptors (Lipinski definition) is 2. The molecule has 2 unspecified atom stereocenters. The van der Waals surface area contributed by atoms with E-state index >= 15 is 0 Å². The molecule has 0 amide bonds. The Morgan fingerprint density at radius 1 is 1.33 bits per heavy atom. The number of pyridine rings is 1. The smallest absolute Gasteiger partial charge is 0.0299 e. The minimum atomic E-state index is 0.841. The molecule has 82 valence electrons. The van der Waals surface area contributed by atoms with Crippen molar-refractivity contribution in [3.63, 3.8) is 0 Å². The maximum Gasteiger partial charge on any atom is 0.0299 e. The van der Waals surface area contributed by atoms with Gasteiger partial charge in [0.25, 0.3) is 0 Å². The number of rotatable bonds is 4. The SMILES string of the molecule is NCCC1CCCC1Cc1cccnc1. The Morgan fingerprint density at radius 3 is 2.93 bits per heavy atom. The zero-order valence-corrected chi connectivity index (χ0v) is 9.23. The van der Waals surface area contributed by atoms with E-state index in [0.717, 1.165) is 18.4 Å². The van der Waals surface area contributed by atoms with E-state index in [0.29, 0.717) is 0 Å². The second kappa shape index (κ2) is 5.26. The molecule has 1 aliphatic rings. The van der Waals surface area contributed by atoms with Gasteiger partial charge in [0.05, 0.1) is 0 Å². The Hall–Kier alpha value is -0.890. The summed E-state index contributed by atoms with van der Waals surface area (Å²) in [6, 6.07) is 4.22. The summed E-state index contributed by atoms with van der Waals surface area (Å²) in [6.45, 7) is 0.841. The van der Waals surface area contributed by atoms with Gasteiger partial charge in [-0.2, -0.15) is 0 Å². The van der Waals surface area contributed by atoms with Crippen LogP contribution in [0, 0.1) is 11.8 Å². The third-order valence-electron chi connectivity index (χ3n) is 3.57. The van der Waals surface area contributed by atoms with Crippen LogP contribution >= 0.6 is 0 Å². The Bertz CT molecular complexity index is 284. The molecular weight excluding hydrogens is 184 g/mol. The number of nitrogens with two attached hydrogens (primary N) is 1. The highest BCUT2D eigenvalue weighted by molar-refractivity contribution is 5.10. The summed E-state index contributed by atoms with van der Waals surface area (Å²) in [5.74, 6) is 1.70. The maximum absolute atomic E-state index is 5.65. The van der Waals surface area contributed by atoms with Gasteiger partial charge in [0.15, 0.2) is 0 Å². The van der Waals surface area contributed by atoms with Gasteiger partial charge in [-0.1, -0.05) is 18.9 Å². The van der Waals surface area contributed by atoms with E-state index in [1.807, 2.05) is 18.5 Å². The summed E-state index contributed by atoms with van der Waals surface area (Å²) in [6.07, 6.45) is 10.4. The average molecular weight is 204 g/mol. The van der Waals surface area contributed by atoms with Crippen LogP contribution < -0.4 is 5.73 Å². The van der Waals surface area contributed by atoms with Gasteiger partial charge in [0.1, 0.15) is 0 Å². The predicted molar refractivity (Wildman–Crippen MR) is 62.4 cm³/mol. The molecule has 1 heterocycles. The van der Waals surface area contributed by atoms with E-state index in [9.17, 15) is 0 Å². The van der Waals surface area contributed by atoms with Gasteiger partial charge in [0.2, 0.25) is 0 Å². The second-order valence-corrected chi connectivity index (χ2v) is 4.59. The Kier molecular flexibility index (Phi) is 3.73. The molecule has 0 aliphatic heterocycles. The van der Waals surface area contributed by atoms with Crippen molar-refractivity contribution >= 4 is 0 Å². The summed E-state index contributed by atoms with van der Waals surface area (Å²) in [4.78, 5) is 4.17. The van der Waals surface area contributed by atoms with Crippen LogP contribution in [0.4, 0.5) is 0 Å². The third kappa shape index (κ3) is 2.78. The van der Waals surface area contributed by atoms with E-state index in [4.69, 9.17) is 5.73 Å². The van der Waals surface area contributed by atoms with E-state index in [2.05, 4.69) is 11.1 Å². The fourth-order valence-corrected chi connectivity index (χ4v) is 2.80. The zero-order valence-electron chi connectivity index (χ0n) is 9.23. The van der Waals surface area contributed by atoms with Gasteiger partial charge in [-0.05, 0) is 49.3 Å². The van der Waals surface area contributed by atoms with Crippen LogP contribution in [0.25, 0.3) is 0 Å². The molecule has 2 atom stereocenters. The first kappa shape index (κ1) is 10.6. The summed E-state index contributed by atoms with van der Waals surface area (Å²) in [7, 11) is 0. The highest BCUT2D eigenvalue weighted by atomic mass is 14.6. The number of aromatic nitrogens is 1. The van der Waals surface area contributed by atoms with Crippen LogP contribution in [0.5, 0.6) is 0 Å². The molecule has 1 saturated carbocycles. The quantitative estimate of drug-likeness (QED) is 0.818. The predicted octanol–water partition coefficient (Wildman–Crippen LogP) is 2.39. The minimum absolute atomic E-state index is 0.841. The largest absolute Gasteiger partial charge is 0.330 e. The summed E-state index contributed by atoms with van der Waals surface area (Å²) < 4.78 is 0. The minimum Gasteiger partial charge on any atom is -0.330 e. The van der Waals surface area contributed by atoms with E-state index in [1.165, 1.54) is 37.7 Å². The Balaban J connectivity index is 1.93. The van der Waals surface area contributed by atoms with Crippen LogP contribution in [0.15, 0.2) is 24.5 Å². The number of hydrogen-bond donors (Lipinski definition) is 1. The average Bonchev–Trinajstić information content (AvgIpc) is 2.68. The van der Waals surface area contributed by atoms with Crippen molar-refractivity contribution in [2.45, 2.75) is 32.1 Å². The van der Waals surface area contributed by atoms with Crippen LogP contribution in [0.1, 0.15) is 31.2 Å². The molecule has 2 nitrogen and oxygen atoms in total. The van der Waals surface area contributed by atoms with Crippen molar-refractivity contribution in [3.8, 4) is 0 Å². The summed E-state index contributed by atoms with van der Waals surface area (Å²) >= 11 is 0. The topological polar surface area (TPSA) is 38.9 Å². The molecule has 1 aromatic heterocycles. The zero-order chi connectivity index (χ0) is 10.5. The Morgan fingerprint density at radius 2 is 2.20 bits per heavy atom. The van der Waals surface area contributed by atoms with Crippen molar-refractivity contribution in [1.29, 1.82) is 0 Å². The highest BCUT2D eigenvalue weighted by Gasteiger charge is 2.26. The summed E-state index contributed by atoms with van der Waals surface area (Å²) in [5.41, 5.74) is 7.03. The van der Waals surface area contributed by atoms with Gasteiger partial charge in [-0.15, -0.1) is 0 Å². The summed E-state index contributed by atoms with van der Waals surface area (Å²) in [5, 5.41) is 0. The molecule has 2 heteroatoms. The second-order valence-electron chi connectivity index (χ2n) is 4.59. The molecule has 2 N–H and O–H groups in total. The van der Waals surface area contributed by atoms with Crippen molar-refractivity contribution < 1.29 is 0 Å². The van der Waals surface area contributed by atoms with Crippen molar-refractivity contribution in [2.75, 3.05) is 6.54 Å². The molecular formula is C13H20N2. The van der Waals surface area contributed by atoms with E-state index in [1.54, 1.807) is 0 Å². The van der Waals surface area contributed by atoms with Gasteiger partial charge < -0.3 is 5.73 Å². The lowest BCUT2D eigenvalue weighted by atomic mass is 9.88. The van der Waals surface area contributed by atoms with Crippen molar-refractivity contribution in [1.82, 2.24) is 4.98 Å². The lowest BCUT2D eigenvalue weighted by Gasteiger charge is -2.18. The maximum atomic E-state index is 5.65. The van der Waals surface area contributed by atoms with Crippen molar-refractivity contribution in [3.05, 3.63) is 30.1 Å².